The topological polar surface area (TPSA) is 74.4 Å². The predicted molar refractivity (Wildman–Crippen MR) is 128 cm³/mol. The second kappa shape index (κ2) is 8.41. The second-order valence-electron chi connectivity index (χ2n) is 9.20. The highest BCUT2D eigenvalue weighted by Gasteiger charge is 2.28. The van der Waals surface area contributed by atoms with Gasteiger partial charge in [-0.15, -0.1) is 0 Å². The largest absolute Gasteiger partial charge is 0.454 e. The molecule has 2 aromatic carbocycles. The molecule has 0 saturated carbocycles. The zero-order valence-electron chi connectivity index (χ0n) is 19.7. The molecular weight excluding hydrogens is 449 g/mol. The van der Waals surface area contributed by atoms with Crippen LogP contribution < -0.4 is 9.47 Å². The molecular formula is C26H26FN5O3. The van der Waals surface area contributed by atoms with Gasteiger partial charge in [0, 0.05) is 36.5 Å². The molecule has 9 heteroatoms. The molecule has 2 aliphatic heterocycles. The van der Waals surface area contributed by atoms with Gasteiger partial charge in [-0.1, -0.05) is 0 Å². The van der Waals surface area contributed by atoms with Crippen molar-refractivity contribution in [1.82, 2.24) is 24.2 Å². The molecule has 0 spiro atoms. The number of amides is 1. The van der Waals surface area contributed by atoms with Crippen LogP contribution in [0.3, 0.4) is 0 Å². The summed E-state index contributed by atoms with van der Waals surface area (Å²) in [6.45, 7) is 5.63. The molecule has 2 aliphatic rings. The Labute approximate surface area is 201 Å². The summed E-state index contributed by atoms with van der Waals surface area (Å²) in [5.41, 5.74) is 4.27. The first-order valence-corrected chi connectivity index (χ1v) is 11.8. The highest BCUT2D eigenvalue weighted by molar-refractivity contribution is 5.81. The molecule has 1 amide bonds. The van der Waals surface area contributed by atoms with E-state index in [0.29, 0.717) is 30.1 Å². The lowest BCUT2D eigenvalue weighted by Crippen LogP contribution is -2.41. The lowest BCUT2D eigenvalue weighted by molar-refractivity contribution is -0.133. The van der Waals surface area contributed by atoms with Crippen LogP contribution in [0.25, 0.3) is 22.4 Å². The Morgan fingerprint density at radius 2 is 1.86 bits per heavy atom. The van der Waals surface area contributed by atoms with Crippen LogP contribution in [0.4, 0.5) is 4.39 Å². The van der Waals surface area contributed by atoms with Crippen LogP contribution >= 0.6 is 0 Å². The minimum absolute atomic E-state index is 0.0724. The number of halogens is 1. The number of nitrogens with zero attached hydrogens (tertiary/aromatic N) is 5. The summed E-state index contributed by atoms with van der Waals surface area (Å²) in [6, 6.07) is 12.6. The van der Waals surface area contributed by atoms with Crippen molar-refractivity contribution in [3.63, 3.8) is 0 Å². The summed E-state index contributed by atoms with van der Waals surface area (Å²) in [5.74, 6) is 1.90. The van der Waals surface area contributed by atoms with Gasteiger partial charge in [-0.2, -0.15) is 5.10 Å². The molecule has 2 aromatic heterocycles. The maximum atomic E-state index is 14.0. The highest BCUT2D eigenvalue weighted by Crippen LogP contribution is 2.39. The highest BCUT2D eigenvalue weighted by atomic mass is 19.1. The predicted octanol–water partition coefficient (Wildman–Crippen LogP) is 4.25. The lowest BCUT2D eigenvalue weighted by atomic mass is 10.0. The van der Waals surface area contributed by atoms with E-state index < -0.39 is 0 Å². The van der Waals surface area contributed by atoms with Crippen LogP contribution in [0.15, 0.2) is 42.5 Å². The third-order valence-electron chi connectivity index (χ3n) is 6.85. The number of aromatic nitrogens is 4. The summed E-state index contributed by atoms with van der Waals surface area (Å²) >= 11 is 0. The average Bonchev–Trinajstić information content (AvgIpc) is 3.55. The fraction of sp³-hybridized carbons (Fsp3) is 0.346. The van der Waals surface area contributed by atoms with E-state index in [9.17, 15) is 9.18 Å². The van der Waals surface area contributed by atoms with Crippen molar-refractivity contribution in [3.8, 4) is 22.9 Å². The van der Waals surface area contributed by atoms with Gasteiger partial charge < -0.3 is 18.9 Å². The number of hydrogen-bond acceptors (Lipinski definition) is 5. The Morgan fingerprint density at radius 3 is 2.63 bits per heavy atom. The number of aryl methyl sites for hydroxylation is 2. The van der Waals surface area contributed by atoms with Crippen LogP contribution in [-0.4, -0.2) is 50.0 Å². The maximum absolute atomic E-state index is 14.0. The molecule has 0 radical (unpaired) electrons. The number of imidazole rings is 1. The van der Waals surface area contributed by atoms with Crippen molar-refractivity contribution in [2.24, 2.45) is 0 Å². The van der Waals surface area contributed by atoms with Gasteiger partial charge in [0.15, 0.2) is 11.5 Å². The van der Waals surface area contributed by atoms with E-state index in [1.54, 1.807) is 10.7 Å². The first kappa shape index (κ1) is 21.6. The standard InChI is InChI=1S/C26H26FN5O3/c1-16-11-17(2)31(29-16)14-25(33)30-9-7-20(8-10-30)32-22-5-4-19(27)13-21(22)28-26(32)18-3-6-23-24(12-18)35-15-34-23/h3-6,11-13,20H,7-10,14-15H2,1-2H3. The number of carbonyl (C=O) groups excluding carboxylic acids is 1. The van der Waals surface area contributed by atoms with Gasteiger partial charge in [0.05, 0.1) is 16.7 Å². The van der Waals surface area contributed by atoms with Crippen molar-refractivity contribution < 1.29 is 18.7 Å². The Kier molecular flexibility index (Phi) is 5.20. The van der Waals surface area contributed by atoms with Gasteiger partial charge in [0.25, 0.3) is 0 Å². The van der Waals surface area contributed by atoms with Crippen molar-refractivity contribution in [2.75, 3.05) is 19.9 Å². The quantitative estimate of drug-likeness (QED) is 0.441. The van der Waals surface area contributed by atoms with Crippen molar-refractivity contribution in [3.05, 3.63) is 59.7 Å². The maximum Gasteiger partial charge on any atom is 0.244 e. The van der Waals surface area contributed by atoms with Crippen molar-refractivity contribution >= 4 is 16.9 Å². The lowest BCUT2D eigenvalue weighted by Gasteiger charge is -2.33. The third-order valence-corrected chi connectivity index (χ3v) is 6.85. The molecule has 0 aliphatic carbocycles. The van der Waals surface area contributed by atoms with Gasteiger partial charge in [-0.3, -0.25) is 9.48 Å². The first-order chi connectivity index (χ1) is 17.0. The van der Waals surface area contributed by atoms with E-state index in [1.807, 2.05) is 43.0 Å². The molecule has 0 bridgehead atoms. The fourth-order valence-corrected chi connectivity index (χ4v) is 5.12. The fourth-order valence-electron chi connectivity index (χ4n) is 5.12. The van der Waals surface area contributed by atoms with Crippen molar-refractivity contribution in [2.45, 2.75) is 39.3 Å². The Bertz CT molecular complexity index is 1430. The number of rotatable bonds is 4. The minimum Gasteiger partial charge on any atom is -0.454 e. The van der Waals surface area contributed by atoms with Gasteiger partial charge in [0.1, 0.15) is 18.2 Å². The number of fused-ring (bicyclic) bond motifs is 2. The van der Waals surface area contributed by atoms with Gasteiger partial charge in [0.2, 0.25) is 12.7 Å². The number of benzene rings is 2. The SMILES string of the molecule is Cc1cc(C)n(CC(=O)N2CCC(n3c(-c4ccc5c(c4)OCO5)nc4cc(F)ccc43)CC2)n1. The number of ether oxygens (including phenoxy) is 2. The second-order valence-corrected chi connectivity index (χ2v) is 9.20. The first-order valence-electron chi connectivity index (χ1n) is 11.8. The number of carbonyl (C=O) groups is 1. The molecule has 0 N–H and O–H groups in total. The van der Waals surface area contributed by atoms with Crippen LogP contribution in [0.5, 0.6) is 11.5 Å². The zero-order valence-corrected chi connectivity index (χ0v) is 19.7. The van der Waals surface area contributed by atoms with Crippen molar-refractivity contribution in [1.29, 1.82) is 0 Å². The number of piperidine rings is 1. The smallest absolute Gasteiger partial charge is 0.244 e. The van der Waals surface area contributed by atoms with E-state index >= 15 is 0 Å². The summed E-state index contributed by atoms with van der Waals surface area (Å²) in [4.78, 5) is 19.7. The summed E-state index contributed by atoms with van der Waals surface area (Å²) in [6.07, 6.45) is 1.56. The molecule has 180 valence electrons. The zero-order chi connectivity index (χ0) is 24.1. The molecule has 4 heterocycles. The van der Waals surface area contributed by atoms with E-state index in [-0.39, 0.29) is 31.1 Å². The number of likely N-dealkylation sites (tertiary alicyclic amines) is 1. The van der Waals surface area contributed by atoms with Gasteiger partial charge >= 0.3 is 0 Å². The van der Waals surface area contributed by atoms with Gasteiger partial charge in [-0.25, -0.2) is 9.37 Å². The van der Waals surface area contributed by atoms with E-state index in [0.717, 1.165) is 41.1 Å². The molecule has 8 nitrogen and oxygen atoms in total. The van der Waals surface area contributed by atoms with E-state index in [1.165, 1.54) is 12.1 Å². The summed E-state index contributed by atoms with van der Waals surface area (Å²) in [5, 5.41) is 4.42. The molecule has 0 unspecified atom stereocenters. The average molecular weight is 476 g/mol. The Morgan fingerprint density at radius 1 is 1.06 bits per heavy atom. The van der Waals surface area contributed by atoms with Crippen LogP contribution in [0.2, 0.25) is 0 Å². The van der Waals surface area contributed by atoms with Gasteiger partial charge in [-0.05, 0) is 63.1 Å². The summed E-state index contributed by atoms with van der Waals surface area (Å²) < 4.78 is 29.0. The Hall–Kier alpha value is -3.88. The molecule has 4 aromatic rings. The third kappa shape index (κ3) is 3.90. The number of hydrogen-bond donors (Lipinski definition) is 0. The molecule has 35 heavy (non-hydrogen) atoms. The van der Waals surface area contributed by atoms with Crippen LogP contribution in [0, 0.1) is 19.7 Å². The monoisotopic (exact) mass is 475 g/mol. The molecule has 6 rings (SSSR count). The van der Waals surface area contributed by atoms with Crippen LogP contribution in [-0.2, 0) is 11.3 Å². The van der Waals surface area contributed by atoms with Crippen LogP contribution in [0.1, 0.15) is 30.3 Å². The molecule has 1 fully saturated rings. The Balaban J connectivity index is 1.28. The van der Waals surface area contributed by atoms with E-state index in [4.69, 9.17) is 14.5 Å². The van der Waals surface area contributed by atoms with E-state index in [2.05, 4.69) is 9.67 Å². The minimum atomic E-state index is -0.316. The normalized spacial score (nSPS) is 15.8. The summed E-state index contributed by atoms with van der Waals surface area (Å²) in [7, 11) is 0. The molecule has 1 saturated heterocycles. The molecule has 0 atom stereocenters.